The summed E-state index contributed by atoms with van der Waals surface area (Å²) in [5, 5.41) is 5.51. The third-order valence-electron chi connectivity index (χ3n) is 9.48. The van der Waals surface area contributed by atoms with E-state index >= 15 is 0 Å². The van der Waals surface area contributed by atoms with Crippen LogP contribution in [0.4, 0.5) is 4.79 Å². The van der Waals surface area contributed by atoms with Crippen molar-refractivity contribution in [3.05, 3.63) is 167 Å². The molecule has 2 N–H and O–H groups in total. The van der Waals surface area contributed by atoms with E-state index in [9.17, 15) is 14.4 Å². The average Bonchev–Trinajstić information content (AvgIpc) is 3.48. The number of esters is 1. The lowest BCUT2D eigenvalue weighted by molar-refractivity contribution is -0.157. The molecule has 7 nitrogen and oxygen atoms in total. The molecule has 7 heteroatoms. The third kappa shape index (κ3) is 6.57. The molecule has 5 aromatic carbocycles. The molecule has 6 rings (SSSR count). The van der Waals surface area contributed by atoms with Gasteiger partial charge in [-0.2, -0.15) is 0 Å². The summed E-state index contributed by atoms with van der Waals surface area (Å²) in [4.78, 5) is 40.4. The zero-order valence-electron chi connectivity index (χ0n) is 27.9. The van der Waals surface area contributed by atoms with Crippen molar-refractivity contribution >= 4 is 18.0 Å². The van der Waals surface area contributed by atoms with Crippen LogP contribution in [0, 0.1) is 5.92 Å². The molecule has 49 heavy (non-hydrogen) atoms. The van der Waals surface area contributed by atoms with Crippen LogP contribution in [-0.4, -0.2) is 37.7 Å². The number of fused-ring (bicyclic) bond motifs is 3. The van der Waals surface area contributed by atoms with E-state index in [2.05, 4.69) is 34.9 Å². The fourth-order valence-corrected chi connectivity index (χ4v) is 6.67. The first-order chi connectivity index (χ1) is 23.9. The minimum atomic E-state index is -1.39. The number of amides is 2. The van der Waals surface area contributed by atoms with Gasteiger partial charge in [-0.3, -0.25) is 4.79 Å². The molecule has 2 atom stereocenters. The Bertz CT molecular complexity index is 1840. The van der Waals surface area contributed by atoms with Crippen molar-refractivity contribution in [2.24, 2.45) is 5.92 Å². The van der Waals surface area contributed by atoms with Gasteiger partial charge in [-0.25, -0.2) is 9.59 Å². The van der Waals surface area contributed by atoms with E-state index in [1.807, 2.05) is 98.8 Å². The Balaban J connectivity index is 1.31. The number of ether oxygens (including phenoxy) is 2. The molecule has 0 radical (unpaired) electrons. The fourth-order valence-electron chi connectivity index (χ4n) is 6.67. The molecule has 1 aliphatic carbocycles. The molecule has 0 saturated heterocycles. The number of benzene rings is 5. The Kier molecular flexibility index (Phi) is 9.90. The monoisotopic (exact) mass is 652 g/mol. The van der Waals surface area contributed by atoms with Crippen LogP contribution in [0.3, 0.4) is 0 Å². The number of hydrogen-bond donors (Lipinski definition) is 2. The van der Waals surface area contributed by atoms with Crippen LogP contribution in [0.25, 0.3) is 11.1 Å². The SMILES string of the molecule is CC[C@H](C)[C@@H](NC(=O)OCC1c2ccccc2-c2ccccc21)C(=O)OC(c1ccccc1)(c1ccccc1)c1ccc(C(=O)NC)cc1. The first-order valence-electron chi connectivity index (χ1n) is 16.6. The summed E-state index contributed by atoms with van der Waals surface area (Å²) in [7, 11) is 1.58. The topological polar surface area (TPSA) is 93.7 Å². The van der Waals surface area contributed by atoms with Gasteiger partial charge in [0.25, 0.3) is 5.91 Å². The average molecular weight is 653 g/mol. The minimum absolute atomic E-state index is 0.117. The van der Waals surface area contributed by atoms with E-state index in [0.29, 0.717) is 28.7 Å². The Morgan fingerprint density at radius 3 is 1.69 bits per heavy atom. The van der Waals surface area contributed by atoms with Gasteiger partial charge in [-0.1, -0.05) is 142 Å². The first kappa shape index (κ1) is 33.2. The summed E-state index contributed by atoms with van der Waals surface area (Å²) in [6, 6.07) is 41.3. The molecular weight excluding hydrogens is 612 g/mol. The maximum absolute atomic E-state index is 14.5. The van der Waals surface area contributed by atoms with Crippen molar-refractivity contribution in [3.63, 3.8) is 0 Å². The maximum atomic E-state index is 14.5. The molecule has 1 aliphatic rings. The van der Waals surface area contributed by atoms with Gasteiger partial charge in [0.1, 0.15) is 12.6 Å². The van der Waals surface area contributed by atoms with Crippen LogP contribution in [0.1, 0.15) is 64.4 Å². The Morgan fingerprint density at radius 2 is 1.18 bits per heavy atom. The standard InChI is InChI=1S/C42H40N2O5/c1-4-28(2)38(44-41(47)48-27-37-35-21-13-11-19-33(35)34-20-12-14-22-36(34)37)40(46)49-42(30-15-7-5-8-16-30,31-17-9-6-10-18-31)32-25-23-29(24-26-32)39(45)43-3/h5-26,28,37-38H,4,27H2,1-3H3,(H,43,45)(H,44,47)/t28-,38+/m0/s1. The van der Waals surface area contributed by atoms with Crippen LogP contribution in [0.2, 0.25) is 0 Å². The summed E-state index contributed by atoms with van der Waals surface area (Å²) in [6.45, 7) is 3.99. The minimum Gasteiger partial charge on any atom is -0.449 e. The Hall–Kier alpha value is -5.69. The Morgan fingerprint density at radius 1 is 0.694 bits per heavy atom. The smallest absolute Gasteiger partial charge is 0.407 e. The number of carbonyl (C=O) groups is 3. The van der Waals surface area contributed by atoms with Crippen molar-refractivity contribution in [2.45, 2.75) is 37.8 Å². The van der Waals surface area contributed by atoms with E-state index in [0.717, 1.165) is 22.3 Å². The lowest BCUT2D eigenvalue weighted by atomic mass is 9.79. The van der Waals surface area contributed by atoms with E-state index < -0.39 is 23.7 Å². The summed E-state index contributed by atoms with van der Waals surface area (Å²) in [6.07, 6.45) is -0.0856. The molecule has 5 aromatic rings. The number of rotatable bonds is 11. The predicted octanol–water partition coefficient (Wildman–Crippen LogP) is 7.83. The van der Waals surface area contributed by atoms with Crippen molar-refractivity contribution in [1.82, 2.24) is 10.6 Å². The second-order valence-corrected chi connectivity index (χ2v) is 12.3. The number of alkyl carbamates (subject to hydrolysis) is 1. The number of carbonyl (C=O) groups excluding carboxylic acids is 3. The molecule has 0 saturated carbocycles. The van der Waals surface area contributed by atoms with Gasteiger partial charge in [0.2, 0.25) is 0 Å². The lowest BCUT2D eigenvalue weighted by Gasteiger charge is -2.37. The molecule has 248 valence electrons. The second-order valence-electron chi connectivity index (χ2n) is 12.3. The molecular formula is C42H40N2O5. The van der Waals surface area contributed by atoms with Crippen molar-refractivity contribution < 1.29 is 23.9 Å². The highest BCUT2D eigenvalue weighted by atomic mass is 16.6. The third-order valence-corrected chi connectivity index (χ3v) is 9.48. The van der Waals surface area contributed by atoms with E-state index in [4.69, 9.17) is 9.47 Å². The molecule has 0 heterocycles. The molecule has 0 spiro atoms. The van der Waals surface area contributed by atoms with Crippen molar-refractivity contribution in [3.8, 4) is 11.1 Å². The van der Waals surface area contributed by atoms with Gasteiger partial charge in [0, 0.05) is 35.2 Å². The van der Waals surface area contributed by atoms with Gasteiger partial charge in [0.05, 0.1) is 0 Å². The second kappa shape index (κ2) is 14.6. The number of nitrogens with one attached hydrogen (secondary N) is 2. The van der Waals surface area contributed by atoms with Crippen LogP contribution >= 0.6 is 0 Å². The van der Waals surface area contributed by atoms with Gasteiger partial charge >= 0.3 is 12.1 Å². The van der Waals surface area contributed by atoms with E-state index in [1.54, 1.807) is 31.3 Å². The van der Waals surface area contributed by atoms with Gasteiger partial charge < -0.3 is 20.1 Å². The van der Waals surface area contributed by atoms with Crippen LogP contribution in [0.15, 0.2) is 133 Å². The van der Waals surface area contributed by atoms with Crippen LogP contribution < -0.4 is 10.6 Å². The zero-order valence-corrected chi connectivity index (χ0v) is 27.9. The normalized spacial score (nSPS) is 13.4. The zero-order chi connectivity index (χ0) is 34.4. The largest absolute Gasteiger partial charge is 0.449 e. The molecule has 0 unspecified atom stereocenters. The summed E-state index contributed by atoms with van der Waals surface area (Å²) in [5.74, 6) is -1.22. The predicted molar refractivity (Wildman–Crippen MR) is 190 cm³/mol. The van der Waals surface area contributed by atoms with Gasteiger partial charge in [-0.15, -0.1) is 0 Å². The highest BCUT2D eigenvalue weighted by Gasteiger charge is 2.43. The van der Waals surface area contributed by atoms with Gasteiger partial charge in [0.15, 0.2) is 5.60 Å². The molecule has 0 aliphatic heterocycles. The number of hydrogen-bond acceptors (Lipinski definition) is 5. The summed E-state index contributed by atoms with van der Waals surface area (Å²) in [5.41, 5.74) is 5.63. The van der Waals surface area contributed by atoms with E-state index in [1.165, 1.54) is 0 Å². The van der Waals surface area contributed by atoms with Crippen LogP contribution in [0.5, 0.6) is 0 Å². The first-order valence-corrected chi connectivity index (χ1v) is 16.6. The Labute approximate surface area is 287 Å². The lowest BCUT2D eigenvalue weighted by Crippen LogP contribution is -2.49. The molecule has 2 amide bonds. The van der Waals surface area contributed by atoms with E-state index in [-0.39, 0.29) is 24.3 Å². The molecule has 0 aromatic heterocycles. The molecule has 0 fully saturated rings. The summed E-state index contributed by atoms with van der Waals surface area (Å²) < 4.78 is 12.5. The summed E-state index contributed by atoms with van der Waals surface area (Å²) >= 11 is 0. The highest BCUT2D eigenvalue weighted by molar-refractivity contribution is 5.94. The van der Waals surface area contributed by atoms with Crippen LogP contribution in [-0.2, 0) is 19.9 Å². The van der Waals surface area contributed by atoms with Crippen molar-refractivity contribution in [1.29, 1.82) is 0 Å². The highest BCUT2D eigenvalue weighted by Crippen LogP contribution is 2.45. The molecule has 0 bridgehead atoms. The fraction of sp³-hybridized carbons (Fsp3) is 0.214. The van der Waals surface area contributed by atoms with Crippen molar-refractivity contribution in [2.75, 3.05) is 13.7 Å². The quantitative estimate of drug-likeness (QED) is 0.112. The van der Waals surface area contributed by atoms with Gasteiger partial charge in [-0.05, 0) is 40.3 Å². The maximum Gasteiger partial charge on any atom is 0.407 e.